The van der Waals surface area contributed by atoms with Crippen LogP contribution in [0.25, 0.3) is 11.1 Å². The lowest BCUT2D eigenvalue weighted by molar-refractivity contribution is 0.727. The first-order valence-corrected chi connectivity index (χ1v) is 7.13. The molecule has 0 saturated heterocycles. The van der Waals surface area contributed by atoms with Gasteiger partial charge in [-0.15, -0.1) is 0 Å². The second-order valence-corrected chi connectivity index (χ2v) is 5.33. The van der Waals surface area contributed by atoms with E-state index in [1.54, 1.807) is 0 Å². The van der Waals surface area contributed by atoms with Gasteiger partial charge in [-0.1, -0.05) is 58.7 Å². The molecule has 2 aromatic carbocycles. The largest absolute Gasteiger partial charge is 0.313 e. The lowest BCUT2D eigenvalue weighted by Gasteiger charge is -2.09. The quantitative estimate of drug-likeness (QED) is 0.845. The van der Waals surface area contributed by atoms with Crippen molar-refractivity contribution in [2.75, 3.05) is 6.54 Å². The first kappa shape index (κ1) is 13.6. The smallest absolute Gasteiger partial charge is 0.0451 e. The molecule has 0 amide bonds. The number of nitrogens with one attached hydrogen (secondary N) is 1. The van der Waals surface area contributed by atoms with E-state index in [1.807, 2.05) is 24.3 Å². The second kappa shape index (κ2) is 6.37. The molecule has 0 radical (unpaired) electrons. The maximum Gasteiger partial charge on any atom is 0.0451 e. The van der Waals surface area contributed by atoms with E-state index in [0.717, 1.165) is 28.1 Å². The predicted octanol–water partition coefficient (Wildman–Crippen LogP) is 4.88. The summed E-state index contributed by atoms with van der Waals surface area (Å²) in [6.07, 6.45) is 0. The average molecular weight is 325 g/mol. The Morgan fingerprint density at radius 2 is 1.94 bits per heavy atom. The van der Waals surface area contributed by atoms with Crippen LogP contribution in [0.1, 0.15) is 12.5 Å². The Morgan fingerprint density at radius 1 is 1.17 bits per heavy atom. The predicted molar refractivity (Wildman–Crippen MR) is 82.0 cm³/mol. The third-order valence-corrected chi connectivity index (χ3v) is 3.86. The molecule has 0 unspecified atom stereocenters. The van der Waals surface area contributed by atoms with E-state index in [-0.39, 0.29) is 0 Å². The van der Waals surface area contributed by atoms with Gasteiger partial charge in [0.25, 0.3) is 0 Å². The van der Waals surface area contributed by atoms with Gasteiger partial charge in [0, 0.05) is 16.0 Å². The van der Waals surface area contributed by atoms with E-state index in [9.17, 15) is 0 Å². The summed E-state index contributed by atoms with van der Waals surface area (Å²) in [5.41, 5.74) is 3.50. The molecular formula is C15H15BrClN. The summed E-state index contributed by atoms with van der Waals surface area (Å²) >= 11 is 9.79. The van der Waals surface area contributed by atoms with Crippen molar-refractivity contribution in [3.8, 4) is 11.1 Å². The summed E-state index contributed by atoms with van der Waals surface area (Å²) in [7, 11) is 0. The van der Waals surface area contributed by atoms with Crippen molar-refractivity contribution in [3.05, 3.63) is 57.5 Å². The number of halogens is 2. The topological polar surface area (TPSA) is 12.0 Å². The molecule has 2 rings (SSSR count). The number of hydrogen-bond donors (Lipinski definition) is 1. The van der Waals surface area contributed by atoms with Gasteiger partial charge in [0.15, 0.2) is 0 Å². The Morgan fingerprint density at radius 3 is 2.67 bits per heavy atom. The van der Waals surface area contributed by atoms with Crippen molar-refractivity contribution >= 4 is 27.5 Å². The summed E-state index contributed by atoms with van der Waals surface area (Å²) in [5.74, 6) is 0. The molecule has 3 heteroatoms. The van der Waals surface area contributed by atoms with Crippen molar-refractivity contribution in [1.29, 1.82) is 0 Å². The molecule has 0 saturated carbocycles. The van der Waals surface area contributed by atoms with Crippen molar-refractivity contribution < 1.29 is 0 Å². The maximum atomic E-state index is 6.21. The van der Waals surface area contributed by atoms with E-state index in [0.29, 0.717) is 0 Å². The highest BCUT2D eigenvalue weighted by Gasteiger charge is 2.06. The monoisotopic (exact) mass is 323 g/mol. The Kier molecular flexibility index (Phi) is 4.81. The Bertz CT molecular complexity index is 540. The van der Waals surface area contributed by atoms with Crippen LogP contribution in [0, 0.1) is 0 Å². The number of rotatable bonds is 4. The Labute approximate surface area is 121 Å². The number of hydrogen-bond acceptors (Lipinski definition) is 1. The molecule has 0 aromatic heterocycles. The summed E-state index contributed by atoms with van der Waals surface area (Å²) in [6.45, 7) is 3.83. The Hall–Kier alpha value is -0.830. The molecular weight excluding hydrogens is 310 g/mol. The molecule has 18 heavy (non-hydrogen) atoms. The Balaban J connectivity index is 2.38. The van der Waals surface area contributed by atoms with Crippen molar-refractivity contribution in [1.82, 2.24) is 5.32 Å². The average Bonchev–Trinajstić information content (AvgIpc) is 2.39. The van der Waals surface area contributed by atoms with E-state index < -0.39 is 0 Å². The molecule has 0 atom stereocenters. The summed E-state index contributed by atoms with van der Waals surface area (Å²) in [4.78, 5) is 0. The van der Waals surface area contributed by atoms with Crippen LogP contribution in [0.5, 0.6) is 0 Å². The molecule has 0 heterocycles. The van der Waals surface area contributed by atoms with Crippen LogP contribution >= 0.6 is 27.5 Å². The van der Waals surface area contributed by atoms with E-state index >= 15 is 0 Å². The molecule has 0 bridgehead atoms. The highest BCUT2D eigenvalue weighted by atomic mass is 79.9. The van der Waals surface area contributed by atoms with Gasteiger partial charge < -0.3 is 5.32 Å². The normalized spacial score (nSPS) is 10.6. The fourth-order valence-electron chi connectivity index (χ4n) is 1.83. The van der Waals surface area contributed by atoms with Gasteiger partial charge in [-0.25, -0.2) is 0 Å². The third-order valence-electron chi connectivity index (χ3n) is 2.80. The fraction of sp³-hybridized carbons (Fsp3) is 0.200. The molecule has 2 aromatic rings. The number of benzene rings is 2. The van der Waals surface area contributed by atoms with E-state index in [1.165, 1.54) is 11.1 Å². The maximum absolute atomic E-state index is 6.21. The van der Waals surface area contributed by atoms with Crippen LogP contribution in [0.15, 0.2) is 46.9 Å². The van der Waals surface area contributed by atoms with Crippen LogP contribution in [0.2, 0.25) is 5.02 Å². The highest BCUT2D eigenvalue weighted by molar-refractivity contribution is 9.10. The zero-order valence-electron chi connectivity index (χ0n) is 10.2. The van der Waals surface area contributed by atoms with Crippen LogP contribution in [0.3, 0.4) is 0 Å². The second-order valence-electron chi connectivity index (χ2n) is 4.07. The summed E-state index contributed by atoms with van der Waals surface area (Å²) in [5, 5.41) is 4.11. The van der Waals surface area contributed by atoms with Gasteiger partial charge >= 0.3 is 0 Å². The molecule has 1 N–H and O–H groups in total. The van der Waals surface area contributed by atoms with Crippen molar-refractivity contribution in [2.45, 2.75) is 13.5 Å². The van der Waals surface area contributed by atoms with Crippen LogP contribution in [-0.4, -0.2) is 6.54 Å². The molecule has 0 aliphatic carbocycles. The molecule has 0 aliphatic heterocycles. The zero-order chi connectivity index (χ0) is 13.0. The molecule has 94 valence electrons. The zero-order valence-corrected chi connectivity index (χ0v) is 12.6. The fourth-order valence-corrected chi connectivity index (χ4v) is 2.53. The van der Waals surface area contributed by atoms with Crippen LogP contribution < -0.4 is 5.32 Å². The lowest BCUT2D eigenvalue weighted by Crippen LogP contribution is -2.12. The van der Waals surface area contributed by atoms with Gasteiger partial charge in [-0.05, 0) is 41.4 Å². The van der Waals surface area contributed by atoms with E-state index in [4.69, 9.17) is 11.6 Å². The van der Waals surface area contributed by atoms with Crippen molar-refractivity contribution in [3.63, 3.8) is 0 Å². The summed E-state index contributed by atoms with van der Waals surface area (Å²) in [6, 6.07) is 14.4. The van der Waals surface area contributed by atoms with Gasteiger partial charge in [0.2, 0.25) is 0 Å². The molecule has 0 aliphatic rings. The first-order chi connectivity index (χ1) is 8.72. The minimum Gasteiger partial charge on any atom is -0.313 e. The minimum atomic E-state index is 0.799. The van der Waals surface area contributed by atoms with Crippen LogP contribution in [0.4, 0.5) is 0 Å². The minimum absolute atomic E-state index is 0.799. The summed E-state index contributed by atoms with van der Waals surface area (Å²) < 4.78 is 1.10. The lowest BCUT2D eigenvalue weighted by atomic mass is 10.0. The molecule has 1 nitrogen and oxygen atoms in total. The SMILES string of the molecule is CCNCc1cc(-c2ccccc2Br)ccc1Cl. The van der Waals surface area contributed by atoms with Crippen LogP contribution in [-0.2, 0) is 6.54 Å². The highest BCUT2D eigenvalue weighted by Crippen LogP contribution is 2.30. The van der Waals surface area contributed by atoms with Gasteiger partial charge in [0.1, 0.15) is 0 Å². The standard InChI is InChI=1S/C15H15BrClN/c1-2-18-10-12-9-11(7-8-15(12)17)13-5-3-4-6-14(13)16/h3-9,18H,2,10H2,1H3. The first-order valence-electron chi connectivity index (χ1n) is 5.96. The van der Waals surface area contributed by atoms with Gasteiger partial charge in [0.05, 0.1) is 0 Å². The third kappa shape index (κ3) is 3.14. The molecule has 0 fully saturated rings. The molecule has 0 spiro atoms. The van der Waals surface area contributed by atoms with Crippen molar-refractivity contribution in [2.24, 2.45) is 0 Å². The van der Waals surface area contributed by atoms with E-state index in [2.05, 4.69) is 46.4 Å². The van der Waals surface area contributed by atoms with Gasteiger partial charge in [-0.2, -0.15) is 0 Å². The van der Waals surface area contributed by atoms with Gasteiger partial charge in [-0.3, -0.25) is 0 Å².